The van der Waals surface area contributed by atoms with Crippen LogP contribution < -0.4 is 5.43 Å². The van der Waals surface area contributed by atoms with E-state index in [1.54, 1.807) is 18.2 Å². The molecule has 0 atom stereocenters. The molecule has 31 heavy (non-hydrogen) atoms. The molecule has 0 unspecified atom stereocenters. The van der Waals surface area contributed by atoms with E-state index in [2.05, 4.69) is 31.4 Å². The third-order valence-electron chi connectivity index (χ3n) is 4.56. The molecule has 4 aromatic rings. The van der Waals surface area contributed by atoms with Crippen LogP contribution in [0.5, 0.6) is 0 Å². The zero-order valence-corrected chi connectivity index (χ0v) is 17.6. The van der Waals surface area contributed by atoms with E-state index in [0.29, 0.717) is 27.7 Å². The fourth-order valence-corrected chi connectivity index (χ4v) is 3.34. The number of pyridine rings is 1. The lowest BCUT2D eigenvalue weighted by Crippen LogP contribution is -2.18. The normalized spacial score (nSPS) is 11.0. The second kappa shape index (κ2) is 8.85. The molecule has 0 spiro atoms. The summed E-state index contributed by atoms with van der Waals surface area (Å²) in [5.74, 6) is -0.404. The summed E-state index contributed by atoms with van der Waals surface area (Å²) in [4.78, 5) is 28.0. The molecule has 1 N–H and O–H groups in total. The monoisotopic (exact) mass is 474 g/mol. The lowest BCUT2D eigenvalue weighted by Gasteiger charge is -2.09. The average Bonchev–Trinajstić information content (AvgIpc) is 2.79. The summed E-state index contributed by atoms with van der Waals surface area (Å²) in [5.41, 5.74) is 5.62. The lowest BCUT2D eigenvalue weighted by molar-refractivity contribution is -0.384. The van der Waals surface area contributed by atoms with E-state index in [4.69, 9.17) is 0 Å². The Morgan fingerprint density at radius 3 is 2.58 bits per heavy atom. The predicted octanol–water partition coefficient (Wildman–Crippen LogP) is 5.34. The molecule has 0 radical (unpaired) electrons. The second-order valence-electron chi connectivity index (χ2n) is 6.63. The maximum absolute atomic E-state index is 12.9. The number of nitro benzene ring substituents is 1. The number of hydrazone groups is 1. The van der Waals surface area contributed by atoms with Crippen molar-refractivity contribution in [2.45, 2.75) is 0 Å². The van der Waals surface area contributed by atoms with Gasteiger partial charge < -0.3 is 0 Å². The van der Waals surface area contributed by atoms with Gasteiger partial charge in [0, 0.05) is 33.1 Å². The zero-order valence-electron chi connectivity index (χ0n) is 16.0. The number of nitrogens with one attached hydrogen (secondary N) is 1. The molecule has 152 valence electrons. The number of non-ortho nitro benzene ring substituents is 1. The maximum Gasteiger partial charge on any atom is 0.272 e. The first-order valence-electron chi connectivity index (χ1n) is 9.25. The highest BCUT2D eigenvalue weighted by atomic mass is 79.9. The van der Waals surface area contributed by atoms with Crippen LogP contribution in [0.2, 0.25) is 0 Å². The van der Waals surface area contributed by atoms with E-state index in [-0.39, 0.29) is 5.69 Å². The van der Waals surface area contributed by atoms with Crippen molar-refractivity contribution < 1.29 is 9.72 Å². The molecule has 1 aromatic heterocycles. The standard InChI is InChI=1S/C23H15BrN4O3/c24-17-10-8-16(9-11-17)22-13-20(19-6-1-2-7-21(19)26-22)23(29)27-25-14-15-4-3-5-18(12-15)28(30)31/h1-14H,(H,27,29). The van der Waals surface area contributed by atoms with Gasteiger partial charge in [-0.1, -0.05) is 58.4 Å². The summed E-state index contributed by atoms with van der Waals surface area (Å²) < 4.78 is 0.950. The quantitative estimate of drug-likeness (QED) is 0.240. The minimum atomic E-state index is -0.483. The van der Waals surface area contributed by atoms with Crippen LogP contribution in [0.1, 0.15) is 15.9 Å². The number of aromatic nitrogens is 1. The van der Waals surface area contributed by atoms with Gasteiger partial charge in [-0.2, -0.15) is 5.10 Å². The van der Waals surface area contributed by atoms with Crippen molar-refractivity contribution in [1.29, 1.82) is 0 Å². The Labute approximate surface area is 185 Å². The maximum atomic E-state index is 12.9. The van der Waals surface area contributed by atoms with E-state index < -0.39 is 10.8 Å². The number of halogens is 1. The van der Waals surface area contributed by atoms with Crippen molar-refractivity contribution >= 4 is 44.6 Å². The van der Waals surface area contributed by atoms with Crippen LogP contribution in [0, 0.1) is 10.1 Å². The van der Waals surface area contributed by atoms with Gasteiger partial charge in [0.05, 0.1) is 27.9 Å². The van der Waals surface area contributed by atoms with Crippen molar-refractivity contribution in [3.8, 4) is 11.3 Å². The largest absolute Gasteiger partial charge is 0.272 e. The van der Waals surface area contributed by atoms with Crippen LogP contribution in [-0.4, -0.2) is 22.0 Å². The van der Waals surface area contributed by atoms with Gasteiger partial charge in [-0.15, -0.1) is 0 Å². The highest BCUT2D eigenvalue weighted by Gasteiger charge is 2.13. The van der Waals surface area contributed by atoms with Crippen LogP contribution in [-0.2, 0) is 0 Å². The zero-order chi connectivity index (χ0) is 21.8. The van der Waals surface area contributed by atoms with Crippen LogP contribution in [0.25, 0.3) is 22.2 Å². The molecular weight excluding hydrogens is 460 g/mol. The molecule has 0 saturated carbocycles. The molecule has 0 saturated heterocycles. The Hall–Kier alpha value is -3.91. The number of amides is 1. The molecule has 0 aliphatic rings. The highest BCUT2D eigenvalue weighted by molar-refractivity contribution is 9.10. The number of benzene rings is 3. The minimum absolute atomic E-state index is 0.0467. The summed E-state index contributed by atoms with van der Waals surface area (Å²) in [7, 11) is 0. The van der Waals surface area contributed by atoms with Crippen LogP contribution in [0.4, 0.5) is 5.69 Å². The molecule has 7 nitrogen and oxygen atoms in total. The first-order valence-corrected chi connectivity index (χ1v) is 10.0. The number of carbonyl (C=O) groups is 1. The number of nitrogens with zero attached hydrogens (tertiary/aromatic N) is 3. The van der Waals surface area contributed by atoms with Crippen LogP contribution >= 0.6 is 15.9 Å². The number of fused-ring (bicyclic) bond motifs is 1. The summed E-state index contributed by atoms with van der Waals surface area (Å²) in [6.45, 7) is 0. The average molecular weight is 475 g/mol. The van der Waals surface area contributed by atoms with Gasteiger partial charge in [0.2, 0.25) is 0 Å². The van der Waals surface area contributed by atoms with Crippen molar-refractivity contribution in [2.75, 3.05) is 0 Å². The van der Waals surface area contributed by atoms with Crippen molar-refractivity contribution in [3.63, 3.8) is 0 Å². The predicted molar refractivity (Wildman–Crippen MR) is 123 cm³/mol. The number of hydrogen-bond donors (Lipinski definition) is 1. The van der Waals surface area contributed by atoms with Crippen molar-refractivity contribution in [1.82, 2.24) is 10.4 Å². The van der Waals surface area contributed by atoms with Gasteiger partial charge in [0.25, 0.3) is 11.6 Å². The van der Waals surface area contributed by atoms with Gasteiger partial charge in [-0.05, 0) is 24.3 Å². The molecule has 0 fully saturated rings. The summed E-state index contributed by atoms with van der Waals surface area (Å²) in [5, 5.41) is 15.6. The molecule has 3 aromatic carbocycles. The Balaban J connectivity index is 1.65. The second-order valence-corrected chi connectivity index (χ2v) is 7.55. The molecule has 0 aliphatic heterocycles. The Kier molecular flexibility index (Phi) is 5.81. The fourth-order valence-electron chi connectivity index (χ4n) is 3.08. The molecule has 4 rings (SSSR count). The van der Waals surface area contributed by atoms with Gasteiger partial charge >= 0.3 is 0 Å². The molecule has 0 aliphatic carbocycles. The number of carbonyl (C=O) groups excluding carboxylic acids is 1. The fraction of sp³-hybridized carbons (Fsp3) is 0. The van der Waals surface area contributed by atoms with Crippen LogP contribution in [0.3, 0.4) is 0 Å². The lowest BCUT2D eigenvalue weighted by atomic mass is 10.0. The minimum Gasteiger partial charge on any atom is -0.267 e. The smallest absolute Gasteiger partial charge is 0.267 e. The van der Waals surface area contributed by atoms with Crippen LogP contribution in [0.15, 0.2) is 88.4 Å². The van der Waals surface area contributed by atoms with E-state index >= 15 is 0 Å². The number of nitro groups is 1. The third-order valence-corrected chi connectivity index (χ3v) is 5.09. The SMILES string of the molecule is O=C(NN=Cc1cccc([N+](=O)[O-])c1)c1cc(-c2ccc(Br)cc2)nc2ccccc12. The molecule has 0 bridgehead atoms. The molecule has 8 heteroatoms. The molecule has 1 amide bonds. The number of para-hydroxylation sites is 1. The van der Waals surface area contributed by atoms with E-state index in [1.807, 2.05) is 48.5 Å². The van der Waals surface area contributed by atoms with Crippen molar-refractivity contribution in [2.24, 2.45) is 5.10 Å². The topological polar surface area (TPSA) is 97.5 Å². The van der Waals surface area contributed by atoms with E-state index in [9.17, 15) is 14.9 Å². The summed E-state index contributed by atoms with van der Waals surface area (Å²) in [6.07, 6.45) is 1.36. The molecular formula is C23H15BrN4O3. The Morgan fingerprint density at radius 1 is 1.03 bits per heavy atom. The Morgan fingerprint density at radius 2 is 1.81 bits per heavy atom. The van der Waals surface area contributed by atoms with Gasteiger partial charge in [-0.3, -0.25) is 14.9 Å². The Bertz CT molecular complexity index is 1320. The van der Waals surface area contributed by atoms with Crippen molar-refractivity contribution in [3.05, 3.63) is 105 Å². The van der Waals surface area contributed by atoms with Gasteiger partial charge in [0.15, 0.2) is 0 Å². The summed E-state index contributed by atoms with van der Waals surface area (Å²) in [6, 6.07) is 22.8. The van der Waals surface area contributed by atoms with Gasteiger partial charge in [-0.25, -0.2) is 10.4 Å². The third kappa shape index (κ3) is 4.65. The molecule has 1 heterocycles. The first-order chi connectivity index (χ1) is 15.0. The van der Waals surface area contributed by atoms with Gasteiger partial charge in [0.1, 0.15) is 0 Å². The number of hydrogen-bond acceptors (Lipinski definition) is 5. The summed E-state index contributed by atoms with van der Waals surface area (Å²) >= 11 is 3.42. The highest BCUT2D eigenvalue weighted by Crippen LogP contribution is 2.26. The van der Waals surface area contributed by atoms with E-state index in [1.165, 1.54) is 18.3 Å². The number of rotatable bonds is 5. The first kappa shape index (κ1) is 20.4. The van der Waals surface area contributed by atoms with E-state index in [0.717, 1.165) is 10.0 Å².